The van der Waals surface area contributed by atoms with Crippen molar-refractivity contribution in [2.45, 2.75) is 0 Å². The van der Waals surface area contributed by atoms with Crippen LogP contribution in [0.5, 0.6) is 0 Å². The van der Waals surface area contributed by atoms with Crippen molar-refractivity contribution in [1.82, 2.24) is 15.0 Å². The van der Waals surface area contributed by atoms with Gasteiger partial charge in [0.05, 0.1) is 35.5 Å². The highest BCUT2D eigenvalue weighted by Gasteiger charge is 2.09. The lowest BCUT2D eigenvalue weighted by Crippen LogP contribution is -2.14. The van der Waals surface area contributed by atoms with Crippen molar-refractivity contribution in [1.29, 1.82) is 0 Å². The number of carbonyl (C=O) groups excluding carboxylic acids is 1. The first-order valence-electron chi connectivity index (χ1n) is 4.53. The van der Waals surface area contributed by atoms with Crippen molar-refractivity contribution in [2.75, 3.05) is 11.1 Å². The zero-order valence-corrected chi connectivity index (χ0v) is 8.29. The van der Waals surface area contributed by atoms with Crippen LogP contribution in [0.2, 0.25) is 0 Å². The molecule has 0 fully saturated rings. The summed E-state index contributed by atoms with van der Waals surface area (Å²) in [6.07, 6.45) is 7.32. The number of anilines is 2. The highest BCUT2D eigenvalue weighted by atomic mass is 16.1. The van der Waals surface area contributed by atoms with E-state index < -0.39 is 0 Å². The first-order valence-corrected chi connectivity index (χ1v) is 4.53. The van der Waals surface area contributed by atoms with Gasteiger partial charge in [-0.1, -0.05) is 0 Å². The van der Waals surface area contributed by atoms with Gasteiger partial charge >= 0.3 is 0 Å². The van der Waals surface area contributed by atoms with Crippen LogP contribution in [0.15, 0.2) is 37.2 Å². The molecule has 2 aromatic heterocycles. The lowest BCUT2D eigenvalue weighted by atomic mass is 10.2. The number of rotatable bonds is 2. The maximum Gasteiger partial charge on any atom is 0.257 e. The SMILES string of the molecule is Nc1cnccc1C(=O)Nc1cncnc1. The smallest absolute Gasteiger partial charge is 0.257 e. The summed E-state index contributed by atoms with van der Waals surface area (Å²) in [5.74, 6) is -0.310. The topological polar surface area (TPSA) is 93.8 Å². The van der Waals surface area contributed by atoms with E-state index >= 15 is 0 Å². The number of nitrogens with one attached hydrogen (secondary N) is 1. The third-order valence-electron chi connectivity index (χ3n) is 1.91. The van der Waals surface area contributed by atoms with Gasteiger partial charge in [-0.25, -0.2) is 9.97 Å². The van der Waals surface area contributed by atoms with Crippen LogP contribution in [-0.4, -0.2) is 20.9 Å². The van der Waals surface area contributed by atoms with Crippen LogP contribution < -0.4 is 11.1 Å². The van der Waals surface area contributed by atoms with Crippen molar-refractivity contribution < 1.29 is 4.79 Å². The molecule has 0 aliphatic heterocycles. The summed E-state index contributed by atoms with van der Waals surface area (Å²) in [6.45, 7) is 0. The van der Waals surface area contributed by atoms with Crippen molar-refractivity contribution in [3.8, 4) is 0 Å². The summed E-state index contributed by atoms with van der Waals surface area (Å²) in [6, 6.07) is 1.55. The molecule has 0 saturated heterocycles. The molecule has 0 unspecified atom stereocenters. The van der Waals surface area contributed by atoms with Gasteiger partial charge in [-0.2, -0.15) is 0 Å². The van der Waals surface area contributed by atoms with E-state index in [1.165, 1.54) is 31.1 Å². The highest BCUT2D eigenvalue weighted by molar-refractivity contribution is 6.07. The van der Waals surface area contributed by atoms with E-state index in [1.807, 2.05) is 0 Å². The van der Waals surface area contributed by atoms with Crippen LogP contribution in [0.25, 0.3) is 0 Å². The zero-order chi connectivity index (χ0) is 11.4. The number of carbonyl (C=O) groups is 1. The molecule has 6 nitrogen and oxygen atoms in total. The molecule has 0 aliphatic rings. The molecule has 0 aromatic carbocycles. The number of nitrogen functional groups attached to an aromatic ring is 1. The van der Waals surface area contributed by atoms with Gasteiger partial charge in [0.15, 0.2) is 0 Å². The van der Waals surface area contributed by atoms with E-state index in [2.05, 4.69) is 20.3 Å². The molecule has 6 heteroatoms. The third-order valence-corrected chi connectivity index (χ3v) is 1.91. The van der Waals surface area contributed by atoms with Gasteiger partial charge in [-0.05, 0) is 6.07 Å². The van der Waals surface area contributed by atoms with E-state index in [0.717, 1.165) is 0 Å². The normalized spacial score (nSPS) is 9.75. The fourth-order valence-electron chi connectivity index (χ4n) is 1.18. The van der Waals surface area contributed by atoms with Gasteiger partial charge in [0.2, 0.25) is 0 Å². The first kappa shape index (κ1) is 10.0. The van der Waals surface area contributed by atoms with Gasteiger partial charge in [-0.15, -0.1) is 0 Å². The molecule has 80 valence electrons. The van der Waals surface area contributed by atoms with Crippen molar-refractivity contribution in [3.05, 3.63) is 42.7 Å². The highest BCUT2D eigenvalue weighted by Crippen LogP contribution is 2.11. The summed E-state index contributed by atoms with van der Waals surface area (Å²) in [4.78, 5) is 23.1. The Hall–Kier alpha value is -2.50. The van der Waals surface area contributed by atoms with Crippen LogP contribution in [0.1, 0.15) is 10.4 Å². The lowest BCUT2D eigenvalue weighted by Gasteiger charge is -2.05. The Balaban J connectivity index is 2.19. The third kappa shape index (κ3) is 2.11. The van der Waals surface area contributed by atoms with Crippen LogP contribution in [0.4, 0.5) is 11.4 Å². The maximum atomic E-state index is 11.8. The molecule has 0 bridgehead atoms. The van der Waals surface area contributed by atoms with Gasteiger partial charge in [0.1, 0.15) is 6.33 Å². The van der Waals surface area contributed by atoms with Gasteiger partial charge in [0.25, 0.3) is 5.91 Å². The molecule has 0 spiro atoms. The largest absolute Gasteiger partial charge is 0.397 e. The second-order valence-corrected chi connectivity index (χ2v) is 3.04. The van der Waals surface area contributed by atoms with E-state index in [9.17, 15) is 4.79 Å². The molecule has 2 rings (SSSR count). The fraction of sp³-hybridized carbons (Fsp3) is 0. The van der Waals surface area contributed by atoms with Gasteiger partial charge in [-0.3, -0.25) is 9.78 Å². The second-order valence-electron chi connectivity index (χ2n) is 3.04. The molecule has 16 heavy (non-hydrogen) atoms. The summed E-state index contributed by atoms with van der Waals surface area (Å²) >= 11 is 0. The van der Waals surface area contributed by atoms with Crippen molar-refractivity contribution in [2.24, 2.45) is 0 Å². The minimum absolute atomic E-state index is 0.310. The van der Waals surface area contributed by atoms with Gasteiger partial charge < -0.3 is 11.1 Å². The molecule has 3 N–H and O–H groups in total. The number of hydrogen-bond acceptors (Lipinski definition) is 5. The molecule has 0 aliphatic carbocycles. The monoisotopic (exact) mass is 215 g/mol. The van der Waals surface area contributed by atoms with Gasteiger partial charge in [0, 0.05) is 6.20 Å². The first-order chi connectivity index (χ1) is 7.77. The maximum absolute atomic E-state index is 11.8. The molecule has 2 aromatic rings. The van der Waals surface area contributed by atoms with Crippen LogP contribution in [0.3, 0.4) is 0 Å². The van der Waals surface area contributed by atoms with E-state index in [1.54, 1.807) is 6.07 Å². The molecule has 0 radical (unpaired) electrons. The number of hydrogen-bond donors (Lipinski definition) is 2. The minimum Gasteiger partial charge on any atom is -0.397 e. The second kappa shape index (κ2) is 4.35. The van der Waals surface area contributed by atoms with Crippen LogP contribution in [-0.2, 0) is 0 Å². The lowest BCUT2D eigenvalue weighted by molar-refractivity contribution is 0.102. The van der Waals surface area contributed by atoms with Crippen molar-refractivity contribution in [3.63, 3.8) is 0 Å². The Labute approximate surface area is 91.6 Å². The zero-order valence-electron chi connectivity index (χ0n) is 8.29. The Morgan fingerprint density at radius 3 is 2.62 bits per heavy atom. The fourth-order valence-corrected chi connectivity index (χ4v) is 1.18. The Morgan fingerprint density at radius 1 is 1.19 bits per heavy atom. The standard InChI is InChI=1S/C10H9N5O/c11-9-5-12-2-1-8(9)10(16)15-7-3-13-6-14-4-7/h1-6H,11H2,(H,15,16). The summed E-state index contributed by atoms with van der Waals surface area (Å²) in [5.41, 5.74) is 6.84. The minimum atomic E-state index is -0.310. The summed E-state index contributed by atoms with van der Waals surface area (Å²) < 4.78 is 0. The van der Waals surface area contributed by atoms with Crippen LogP contribution >= 0.6 is 0 Å². The molecular weight excluding hydrogens is 206 g/mol. The average Bonchev–Trinajstić information content (AvgIpc) is 2.31. The Bertz CT molecular complexity index is 500. The number of aromatic nitrogens is 3. The molecular formula is C10H9N5O. The predicted octanol–water partition coefficient (Wildman–Crippen LogP) is 0.706. The Morgan fingerprint density at radius 2 is 1.94 bits per heavy atom. The molecule has 0 saturated carbocycles. The molecule has 1 amide bonds. The number of amides is 1. The predicted molar refractivity (Wildman–Crippen MR) is 58.6 cm³/mol. The average molecular weight is 215 g/mol. The summed E-state index contributed by atoms with van der Waals surface area (Å²) in [7, 11) is 0. The number of nitrogens with zero attached hydrogens (tertiary/aromatic N) is 3. The van der Waals surface area contributed by atoms with E-state index in [-0.39, 0.29) is 5.91 Å². The quantitative estimate of drug-likeness (QED) is 0.769. The molecule has 2 heterocycles. The number of nitrogens with two attached hydrogens (primary N) is 1. The molecule has 0 atom stereocenters. The Kier molecular flexibility index (Phi) is 2.73. The van der Waals surface area contributed by atoms with E-state index in [4.69, 9.17) is 5.73 Å². The summed E-state index contributed by atoms with van der Waals surface area (Å²) in [5, 5.41) is 2.63. The van der Waals surface area contributed by atoms with Crippen LogP contribution in [0, 0.1) is 0 Å². The number of pyridine rings is 1. The van der Waals surface area contributed by atoms with E-state index in [0.29, 0.717) is 16.9 Å². The van der Waals surface area contributed by atoms with Crippen molar-refractivity contribution >= 4 is 17.3 Å².